The highest BCUT2D eigenvalue weighted by Gasteiger charge is 2.32. The number of hydrogen-bond donors (Lipinski definition) is 1. The van der Waals surface area contributed by atoms with E-state index in [9.17, 15) is 9.59 Å². The first-order valence-corrected chi connectivity index (χ1v) is 12.7. The average Bonchev–Trinajstić information content (AvgIpc) is 3.31. The maximum Gasteiger partial charge on any atom is 0.291 e. The van der Waals surface area contributed by atoms with E-state index in [1.165, 1.54) is 29.1 Å². The number of hydrogen-bond acceptors (Lipinski definition) is 6. The fourth-order valence-corrected chi connectivity index (χ4v) is 5.57. The Bertz CT molecular complexity index is 1230. The molecule has 1 atom stereocenters. The number of rotatable bonds is 5. The number of carbonyl (C=O) groups excluding carboxylic acids is 2. The summed E-state index contributed by atoms with van der Waals surface area (Å²) in [7, 11) is 1.61. The standard InChI is InChI=1S/C25H27FN6O2S/c1-30-21-12-18(26)20(31-10-6-3-7-11-31)13-22(21)35-15-19(25(30)34)28-24(33)23-27-16-32(29-23)14-17-8-4-2-5-9-17/h2,4-5,8-9,12-13,16,19H,3,6-7,10-11,14-15H2,1H3,(H,28,33)/t19-/m0/s1. The zero-order valence-corrected chi connectivity index (χ0v) is 20.3. The topological polar surface area (TPSA) is 83.4 Å². The number of likely N-dealkylation sites (N-methyl/N-ethyl adjacent to an activating group) is 1. The molecule has 2 aliphatic rings. The summed E-state index contributed by atoms with van der Waals surface area (Å²) in [5.41, 5.74) is 2.13. The molecule has 1 saturated heterocycles. The first-order chi connectivity index (χ1) is 17.0. The molecule has 2 amide bonds. The van der Waals surface area contributed by atoms with Crippen molar-refractivity contribution in [1.82, 2.24) is 20.1 Å². The van der Waals surface area contributed by atoms with Crippen LogP contribution in [-0.2, 0) is 11.3 Å². The van der Waals surface area contributed by atoms with Gasteiger partial charge in [0.1, 0.15) is 18.2 Å². The summed E-state index contributed by atoms with van der Waals surface area (Å²) in [5, 5.41) is 7.03. The Balaban J connectivity index is 1.29. The number of benzene rings is 2. The highest BCUT2D eigenvalue weighted by atomic mass is 32.2. The van der Waals surface area contributed by atoms with E-state index < -0.39 is 11.9 Å². The molecule has 182 valence electrons. The average molecular weight is 495 g/mol. The van der Waals surface area contributed by atoms with E-state index >= 15 is 4.39 Å². The number of fused-ring (bicyclic) bond motifs is 1. The van der Waals surface area contributed by atoms with Crippen molar-refractivity contribution in [1.29, 1.82) is 0 Å². The molecule has 35 heavy (non-hydrogen) atoms. The number of aromatic nitrogens is 3. The third kappa shape index (κ3) is 5.02. The second-order valence-electron chi connectivity index (χ2n) is 8.80. The lowest BCUT2D eigenvalue weighted by atomic mass is 10.1. The van der Waals surface area contributed by atoms with Crippen molar-refractivity contribution < 1.29 is 14.0 Å². The summed E-state index contributed by atoms with van der Waals surface area (Å²) in [6.07, 6.45) is 4.75. The van der Waals surface area contributed by atoms with E-state index in [1.54, 1.807) is 11.7 Å². The van der Waals surface area contributed by atoms with Gasteiger partial charge in [0, 0.05) is 36.9 Å². The van der Waals surface area contributed by atoms with Crippen LogP contribution in [0.15, 0.2) is 53.7 Å². The molecule has 10 heteroatoms. The summed E-state index contributed by atoms with van der Waals surface area (Å²) in [6, 6.07) is 12.2. The number of carbonyl (C=O) groups is 2. The molecule has 2 aromatic carbocycles. The Morgan fingerprint density at radius 2 is 1.91 bits per heavy atom. The maximum atomic E-state index is 15.0. The Labute approximate surface area is 207 Å². The van der Waals surface area contributed by atoms with Crippen molar-refractivity contribution in [2.45, 2.75) is 36.7 Å². The van der Waals surface area contributed by atoms with Gasteiger partial charge in [-0.15, -0.1) is 16.9 Å². The third-order valence-electron chi connectivity index (χ3n) is 6.35. The van der Waals surface area contributed by atoms with Crippen molar-refractivity contribution in [3.63, 3.8) is 0 Å². The quantitative estimate of drug-likeness (QED) is 0.586. The smallest absolute Gasteiger partial charge is 0.291 e. The van der Waals surface area contributed by atoms with Crippen molar-refractivity contribution in [2.24, 2.45) is 0 Å². The lowest BCUT2D eigenvalue weighted by molar-refractivity contribution is -0.119. The van der Waals surface area contributed by atoms with Gasteiger partial charge in [-0.1, -0.05) is 30.3 Å². The van der Waals surface area contributed by atoms with Crippen LogP contribution < -0.4 is 15.1 Å². The third-order valence-corrected chi connectivity index (χ3v) is 7.49. The molecule has 8 nitrogen and oxygen atoms in total. The van der Waals surface area contributed by atoms with E-state index in [0.29, 0.717) is 23.7 Å². The first-order valence-electron chi connectivity index (χ1n) is 11.7. The van der Waals surface area contributed by atoms with Gasteiger partial charge in [0.15, 0.2) is 0 Å². The molecule has 1 N–H and O–H groups in total. The molecule has 0 saturated carbocycles. The first kappa shape index (κ1) is 23.3. The van der Waals surface area contributed by atoms with Gasteiger partial charge in [0.05, 0.1) is 17.9 Å². The van der Waals surface area contributed by atoms with Gasteiger partial charge in [0.2, 0.25) is 11.7 Å². The van der Waals surface area contributed by atoms with E-state index in [1.807, 2.05) is 36.4 Å². The minimum atomic E-state index is -0.785. The van der Waals surface area contributed by atoms with Crippen LogP contribution in [0.1, 0.15) is 35.4 Å². The molecule has 5 rings (SSSR count). The molecule has 0 spiro atoms. The minimum absolute atomic E-state index is 0.00146. The highest BCUT2D eigenvalue weighted by molar-refractivity contribution is 7.99. The Morgan fingerprint density at radius 1 is 1.14 bits per heavy atom. The second-order valence-corrected chi connectivity index (χ2v) is 9.87. The number of anilines is 2. The molecule has 2 aliphatic heterocycles. The molecule has 0 bridgehead atoms. The molecule has 0 aliphatic carbocycles. The Morgan fingerprint density at radius 3 is 2.69 bits per heavy atom. The highest BCUT2D eigenvalue weighted by Crippen LogP contribution is 2.39. The van der Waals surface area contributed by atoms with Crippen LogP contribution in [0.25, 0.3) is 0 Å². The number of nitrogens with one attached hydrogen (secondary N) is 1. The number of piperidine rings is 1. The van der Waals surface area contributed by atoms with Crippen LogP contribution in [0.2, 0.25) is 0 Å². The van der Waals surface area contributed by atoms with E-state index in [0.717, 1.165) is 42.8 Å². The molecular formula is C25H27FN6O2S. The minimum Gasteiger partial charge on any atom is -0.369 e. The van der Waals surface area contributed by atoms with Gasteiger partial charge in [-0.3, -0.25) is 9.59 Å². The Hall–Kier alpha value is -3.40. The number of amides is 2. The summed E-state index contributed by atoms with van der Waals surface area (Å²) in [5.74, 6) is -0.825. The largest absolute Gasteiger partial charge is 0.369 e. The lowest BCUT2D eigenvalue weighted by Gasteiger charge is -2.30. The molecule has 3 aromatic rings. The Kier molecular flexibility index (Phi) is 6.72. The lowest BCUT2D eigenvalue weighted by Crippen LogP contribution is -2.48. The fourth-order valence-electron chi connectivity index (χ4n) is 4.46. The van der Waals surface area contributed by atoms with Crippen LogP contribution in [0.5, 0.6) is 0 Å². The van der Waals surface area contributed by atoms with Gasteiger partial charge in [-0.2, -0.15) is 0 Å². The SMILES string of the molecule is CN1C(=O)[C@@H](NC(=O)c2ncn(Cc3ccccc3)n2)CSc2cc(N3CCCCC3)c(F)cc21. The molecule has 1 fully saturated rings. The van der Waals surface area contributed by atoms with Crippen LogP contribution in [0.3, 0.4) is 0 Å². The van der Waals surface area contributed by atoms with E-state index in [-0.39, 0.29) is 17.5 Å². The van der Waals surface area contributed by atoms with Gasteiger partial charge in [0.25, 0.3) is 5.91 Å². The molecule has 0 radical (unpaired) electrons. The normalized spacial score (nSPS) is 18.2. The second kappa shape index (κ2) is 10.1. The van der Waals surface area contributed by atoms with Gasteiger partial charge >= 0.3 is 0 Å². The zero-order valence-electron chi connectivity index (χ0n) is 19.5. The van der Waals surface area contributed by atoms with Crippen LogP contribution in [0.4, 0.5) is 15.8 Å². The molecule has 3 heterocycles. The van der Waals surface area contributed by atoms with Crippen LogP contribution in [-0.4, -0.2) is 58.5 Å². The van der Waals surface area contributed by atoms with Crippen molar-refractivity contribution in [2.75, 3.05) is 35.7 Å². The number of nitrogens with zero attached hydrogens (tertiary/aromatic N) is 5. The zero-order chi connectivity index (χ0) is 24.4. The summed E-state index contributed by atoms with van der Waals surface area (Å²) in [4.78, 5) is 34.4. The number of thioether (sulfide) groups is 1. The molecular weight excluding hydrogens is 467 g/mol. The maximum absolute atomic E-state index is 15.0. The van der Waals surface area contributed by atoms with E-state index in [2.05, 4.69) is 20.3 Å². The van der Waals surface area contributed by atoms with E-state index in [4.69, 9.17) is 0 Å². The number of halogens is 1. The van der Waals surface area contributed by atoms with Crippen molar-refractivity contribution in [3.8, 4) is 0 Å². The van der Waals surface area contributed by atoms with Crippen molar-refractivity contribution in [3.05, 3.63) is 66.0 Å². The monoisotopic (exact) mass is 494 g/mol. The predicted octanol–water partition coefficient (Wildman–Crippen LogP) is 3.32. The summed E-state index contributed by atoms with van der Waals surface area (Å²) < 4.78 is 16.6. The molecule has 1 aromatic heterocycles. The van der Waals surface area contributed by atoms with Crippen LogP contribution in [0, 0.1) is 5.82 Å². The van der Waals surface area contributed by atoms with Crippen LogP contribution >= 0.6 is 11.8 Å². The summed E-state index contributed by atoms with van der Waals surface area (Å²) in [6.45, 7) is 2.15. The fraction of sp³-hybridized carbons (Fsp3) is 0.360. The predicted molar refractivity (Wildman–Crippen MR) is 133 cm³/mol. The van der Waals surface area contributed by atoms with Gasteiger partial charge in [-0.05, 0) is 30.9 Å². The van der Waals surface area contributed by atoms with Crippen molar-refractivity contribution >= 4 is 35.0 Å². The molecule has 0 unspecified atom stereocenters. The van der Waals surface area contributed by atoms with Gasteiger partial charge in [-0.25, -0.2) is 14.1 Å². The summed E-state index contributed by atoms with van der Waals surface area (Å²) >= 11 is 1.44. The van der Waals surface area contributed by atoms with Gasteiger partial charge < -0.3 is 15.1 Å².